The molecule has 1 heterocycles. The van der Waals surface area contributed by atoms with Gasteiger partial charge in [0.25, 0.3) is 10.0 Å². The minimum absolute atomic E-state index is 0.261. The van der Waals surface area contributed by atoms with Crippen molar-refractivity contribution in [1.82, 2.24) is 4.72 Å². The van der Waals surface area contributed by atoms with Gasteiger partial charge in [0.1, 0.15) is 4.21 Å². The lowest BCUT2D eigenvalue weighted by Gasteiger charge is -2.40. The van der Waals surface area contributed by atoms with Crippen molar-refractivity contribution in [2.45, 2.75) is 35.9 Å². The maximum atomic E-state index is 12.1. The van der Waals surface area contributed by atoms with Gasteiger partial charge < -0.3 is 0 Å². The number of thiophene rings is 1. The molecule has 0 bridgehead atoms. The first-order valence-electron chi connectivity index (χ1n) is 5.24. The maximum Gasteiger partial charge on any atom is 0.250 e. The van der Waals surface area contributed by atoms with E-state index in [2.05, 4.69) is 4.72 Å². The number of nitrogens with one attached hydrogen (secondary N) is 1. The number of aryl methyl sites for hydroxylation is 1. The zero-order valence-electron chi connectivity index (χ0n) is 9.29. The summed E-state index contributed by atoms with van der Waals surface area (Å²) in [5.74, 6) is 0.310. The largest absolute Gasteiger partial charge is 0.250 e. The van der Waals surface area contributed by atoms with Crippen molar-refractivity contribution in [3.05, 3.63) is 16.0 Å². The van der Waals surface area contributed by atoms with E-state index in [1.165, 1.54) is 0 Å². The highest BCUT2D eigenvalue weighted by molar-refractivity contribution is 7.91. The Morgan fingerprint density at radius 3 is 2.53 bits per heavy atom. The average Bonchev–Trinajstić information content (AvgIpc) is 2.54. The molecule has 1 saturated carbocycles. The van der Waals surface area contributed by atoms with Crippen LogP contribution in [0.1, 0.15) is 24.8 Å². The zero-order chi connectivity index (χ0) is 12.7. The van der Waals surface area contributed by atoms with E-state index in [0.29, 0.717) is 10.2 Å². The summed E-state index contributed by atoms with van der Waals surface area (Å²) >= 11 is 12.8. The standard InChI is InChI=1S/C10H13Cl2NO2S2/c1-7-5-8(16-9(7)12)17(14,15)13-10(6-11)3-2-4-10/h5,13H,2-4,6H2,1H3. The summed E-state index contributed by atoms with van der Waals surface area (Å²) in [6.07, 6.45) is 2.61. The van der Waals surface area contributed by atoms with Crippen molar-refractivity contribution in [3.8, 4) is 0 Å². The van der Waals surface area contributed by atoms with E-state index in [1.807, 2.05) is 0 Å². The zero-order valence-corrected chi connectivity index (χ0v) is 12.4. The highest BCUT2D eigenvalue weighted by atomic mass is 35.5. The lowest BCUT2D eigenvalue weighted by Crippen LogP contribution is -2.54. The number of sulfonamides is 1. The SMILES string of the molecule is Cc1cc(S(=O)(=O)NC2(CCl)CCC2)sc1Cl. The summed E-state index contributed by atoms with van der Waals surface area (Å²) < 4.78 is 27.8. The molecular weight excluding hydrogens is 301 g/mol. The number of hydrogen-bond donors (Lipinski definition) is 1. The van der Waals surface area contributed by atoms with Gasteiger partial charge in [-0.15, -0.1) is 22.9 Å². The van der Waals surface area contributed by atoms with Gasteiger partial charge in [-0.05, 0) is 37.8 Å². The summed E-state index contributed by atoms with van der Waals surface area (Å²) in [6, 6.07) is 1.59. The normalized spacial score (nSPS) is 19.0. The van der Waals surface area contributed by atoms with Crippen LogP contribution in [0.3, 0.4) is 0 Å². The first kappa shape index (κ1) is 13.6. The van der Waals surface area contributed by atoms with Gasteiger partial charge in [0.15, 0.2) is 0 Å². The average molecular weight is 314 g/mol. The topological polar surface area (TPSA) is 46.2 Å². The van der Waals surface area contributed by atoms with E-state index < -0.39 is 15.6 Å². The van der Waals surface area contributed by atoms with Crippen LogP contribution in [-0.4, -0.2) is 19.8 Å². The van der Waals surface area contributed by atoms with E-state index >= 15 is 0 Å². The molecule has 2 rings (SSSR count). The molecule has 1 N–H and O–H groups in total. The summed E-state index contributed by atoms with van der Waals surface area (Å²) in [7, 11) is -3.49. The van der Waals surface area contributed by atoms with Crippen molar-refractivity contribution in [1.29, 1.82) is 0 Å². The molecule has 17 heavy (non-hydrogen) atoms. The van der Waals surface area contributed by atoms with Crippen LogP contribution in [0, 0.1) is 6.92 Å². The number of hydrogen-bond acceptors (Lipinski definition) is 3. The minimum atomic E-state index is -3.49. The molecule has 0 unspecified atom stereocenters. The predicted molar refractivity (Wildman–Crippen MR) is 71.7 cm³/mol. The fraction of sp³-hybridized carbons (Fsp3) is 0.600. The van der Waals surface area contributed by atoms with Crippen LogP contribution in [0.15, 0.2) is 10.3 Å². The van der Waals surface area contributed by atoms with Crippen LogP contribution >= 0.6 is 34.5 Å². The Bertz CT molecular complexity index is 495. The molecule has 96 valence electrons. The summed E-state index contributed by atoms with van der Waals surface area (Å²) in [5.41, 5.74) is 0.329. The molecule has 7 heteroatoms. The van der Waals surface area contributed by atoms with E-state index in [9.17, 15) is 8.42 Å². The molecule has 1 aliphatic carbocycles. The Balaban J connectivity index is 2.25. The van der Waals surface area contributed by atoms with Gasteiger partial charge in [-0.3, -0.25) is 0 Å². The van der Waals surface area contributed by atoms with Gasteiger partial charge in [-0.2, -0.15) is 0 Å². The summed E-state index contributed by atoms with van der Waals surface area (Å²) in [5, 5.41) is 0. The Kier molecular flexibility index (Phi) is 3.77. The molecule has 1 fully saturated rings. The molecule has 1 aliphatic rings. The van der Waals surface area contributed by atoms with Gasteiger partial charge in [-0.1, -0.05) is 11.6 Å². The van der Waals surface area contributed by atoms with Crippen molar-refractivity contribution >= 4 is 44.6 Å². The third-order valence-electron chi connectivity index (χ3n) is 3.02. The summed E-state index contributed by atoms with van der Waals surface area (Å²) in [6.45, 7) is 1.79. The van der Waals surface area contributed by atoms with Gasteiger partial charge in [-0.25, -0.2) is 13.1 Å². The second-order valence-electron chi connectivity index (χ2n) is 4.40. The van der Waals surface area contributed by atoms with Crippen LogP contribution in [0.2, 0.25) is 4.34 Å². The maximum absolute atomic E-state index is 12.1. The van der Waals surface area contributed by atoms with Gasteiger partial charge in [0.05, 0.1) is 4.34 Å². The molecule has 1 aromatic heterocycles. The van der Waals surface area contributed by atoms with E-state index in [1.54, 1.807) is 13.0 Å². The quantitative estimate of drug-likeness (QED) is 0.868. The van der Waals surface area contributed by atoms with Crippen LogP contribution in [0.25, 0.3) is 0 Å². The van der Waals surface area contributed by atoms with E-state index in [4.69, 9.17) is 23.2 Å². The molecule has 0 amide bonds. The smallest absolute Gasteiger partial charge is 0.206 e. The molecule has 0 spiro atoms. The second kappa shape index (κ2) is 4.70. The van der Waals surface area contributed by atoms with Gasteiger partial charge in [0.2, 0.25) is 0 Å². The second-order valence-corrected chi connectivity index (χ2v) is 8.23. The summed E-state index contributed by atoms with van der Waals surface area (Å²) in [4.78, 5) is 0. The fourth-order valence-electron chi connectivity index (χ4n) is 1.77. The minimum Gasteiger partial charge on any atom is -0.206 e. The van der Waals surface area contributed by atoms with E-state index in [0.717, 1.165) is 36.2 Å². The molecule has 1 aromatic rings. The first-order chi connectivity index (χ1) is 7.88. The Morgan fingerprint density at radius 1 is 1.53 bits per heavy atom. The van der Waals surface area contributed by atoms with Crippen molar-refractivity contribution in [3.63, 3.8) is 0 Å². The van der Waals surface area contributed by atoms with Gasteiger partial charge >= 0.3 is 0 Å². The number of alkyl halides is 1. The molecule has 0 aromatic carbocycles. The molecule has 0 atom stereocenters. The Morgan fingerprint density at radius 2 is 2.18 bits per heavy atom. The molecular formula is C10H13Cl2NO2S2. The van der Waals surface area contributed by atoms with Crippen molar-refractivity contribution in [2.75, 3.05) is 5.88 Å². The van der Waals surface area contributed by atoms with Crippen molar-refractivity contribution in [2.24, 2.45) is 0 Å². The van der Waals surface area contributed by atoms with Crippen LogP contribution in [-0.2, 0) is 10.0 Å². The number of rotatable bonds is 4. The fourth-order valence-corrected chi connectivity index (χ4v) is 5.35. The number of halogens is 2. The van der Waals surface area contributed by atoms with Crippen LogP contribution < -0.4 is 4.72 Å². The highest BCUT2D eigenvalue weighted by Crippen LogP contribution is 2.36. The molecule has 3 nitrogen and oxygen atoms in total. The van der Waals surface area contributed by atoms with Crippen LogP contribution in [0.5, 0.6) is 0 Å². The highest BCUT2D eigenvalue weighted by Gasteiger charge is 2.40. The van der Waals surface area contributed by atoms with Crippen molar-refractivity contribution < 1.29 is 8.42 Å². The third-order valence-corrected chi connectivity index (χ3v) is 7.14. The van der Waals surface area contributed by atoms with E-state index in [-0.39, 0.29) is 4.21 Å². The third kappa shape index (κ3) is 2.63. The lowest BCUT2D eigenvalue weighted by molar-refractivity contribution is 0.252. The lowest BCUT2D eigenvalue weighted by atomic mass is 9.79. The predicted octanol–water partition coefficient (Wildman–Crippen LogP) is 3.15. The molecule has 0 saturated heterocycles. The van der Waals surface area contributed by atoms with Crippen LogP contribution in [0.4, 0.5) is 0 Å². The molecule has 0 aliphatic heterocycles. The first-order valence-corrected chi connectivity index (χ1v) is 8.46. The molecule has 0 radical (unpaired) electrons. The monoisotopic (exact) mass is 313 g/mol. The van der Waals surface area contributed by atoms with Gasteiger partial charge in [0, 0.05) is 11.4 Å². The Hall–Kier alpha value is 0.190. The Labute approximate surface area is 115 Å².